The molecule has 1 atom stereocenters. The normalized spacial score (nSPS) is 17.7. The highest BCUT2D eigenvalue weighted by atomic mass is 16.4. The fraction of sp³-hybridized carbons (Fsp3) is 0.375. The first-order chi connectivity index (χ1) is 10.8. The third-order valence-corrected chi connectivity index (χ3v) is 3.85. The van der Waals surface area contributed by atoms with E-state index in [1.807, 2.05) is 30.3 Å². The van der Waals surface area contributed by atoms with Crippen molar-refractivity contribution in [3.05, 3.63) is 42.4 Å². The van der Waals surface area contributed by atoms with E-state index in [1.165, 1.54) is 0 Å². The first kappa shape index (κ1) is 14.6. The van der Waals surface area contributed by atoms with Crippen LogP contribution < -0.4 is 5.32 Å². The van der Waals surface area contributed by atoms with E-state index < -0.39 is 0 Å². The smallest absolute Gasteiger partial charge is 0.318 e. The van der Waals surface area contributed by atoms with Crippen molar-refractivity contribution in [3.8, 4) is 11.3 Å². The molecule has 2 heterocycles. The van der Waals surface area contributed by atoms with Crippen LogP contribution in [0.15, 0.2) is 40.9 Å². The van der Waals surface area contributed by atoms with Gasteiger partial charge in [-0.05, 0) is 12.8 Å². The molecule has 1 unspecified atom stereocenters. The number of hydrogen-bond donors (Lipinski definition) is 2. The summed E-state index contributed by atoms with van der Waals surface area (Å²) in [5.74, 6) is 1.14. The molecular weight excluding hydrogens is 282 g/mol. The van der Waals surface area contributed by atoms with Crippen LogP contribution in [0.4, 0.5) is 4.79 Å². The van der Waals surface area contributed by atoms with Crippen LogP contribution in [0, 0.1) is 0 Å². The van der Waals surface area contributed by atoms with Gasteiger partial charge in [0.25, 0.3) is 0 Å². The van der Waals surface area contributed by atoms with E-state index in [4.69, 9.17) is 4.42 Å². The summed E-state index contributed by atoms with van der Waals surface area (Å²) in [5.41, 5.74) is 0.951. The van der Waals surface area contributed by atoms with Gasteiger partial charge in [0.1, 0.15) is 0 Å². The first-order valence-corrected chi connectivity index (χ1v) is 7.43. The Bertz CT molecular complexity index is 627. The Hall–Kier alpha value is -2.34. The van der Waals surface area contributed by atoms with Crippen molar-refractivity contribution in [1.82, 2.24) is 15.2 Å². The lowest BCUT2D eigenvalue weighted by molar-refractivity contribution is 0.156. The molecule has 1 fully saturated rings. The van der Waals surface area contributed by atoms with Gasteiger partial charge >= 0.3 is 6.03 Å². The van der Waals surface area contributed by atoms with Crippen molar-refractivity contribution >= 4 is 6.03 Å². The molecule has 1 aromatic heterocycles. The van der Waals surface area contributed by atoms with E-state index >= 15 is 0 Å². The zero-order valence-corrected chi connectivity index (χ0v) is 12.2. The summed E-state index contributed by atoms with van der Waals surface area (Å²) in [5, 5.41) is 12.0. The number of oxazole rings is 1. The van der Waals surface area contributed by atoms with Gasteiger partial charge < -0.3 is 19.7 Å². The Morgan fingerprint density at radius 3 is 3.00 bits per heavy atom. The quantitative estimate of drug-likeness (QED) is 0.905. The van der Waals surface area contributed by atoms with Gasteiger partial charge in [0.05, 0.1) is 25.4 Å². The maximum Gasteiger partial charge on any atom is 0.318 e. The Morgan fingerprint density at radius 1 is 1.41 bits per heavy atom. The summed E-state index contributed by atoms with van der Waals surface area (Å²) in [6, 6.07) is 9.43. The van der Waals surface area contributed by atoms with E-state index in [0.29, 0.717) is 18.2 Å². The highest BCUT2D eigenvalue weighted by Crippen LogP contribution is 2.20. The fourth-order valence-electron chi connectivity index (χ4n) is 2.67. The third-order valence-electron chi connectivity index (χ3n) is 3.85. The molecule has 0 saturated carbocycles. The van der Waals surface area contributed by atoms with Gasteiger partial charge in [-0.15, -0.1) is 0 Å². The van der Waals surface area contributed by atoms with Crippen LogP contribution in [-0.2, 0) is 6.54 Å². The van der Waals surface area contributed by atoms with E-state index in [9.17, 15) is 9.90 Å². The molecule has 6 heteroatoms. The molecule has 0 aliphatic carbocycles. The van der Waals surface area contributed by atoms with Crippen LogP contribution in [0.1, 0.15) is 18.7 Å². The number of likely N-dealkylation sites (tertiary alicyclic amines) is 1. The minimum absolute atomic E-state index is 0.00454. The van der Waals surface area contributed by atoms with Crippen molar-refractivity contribution in [2.45, 2.75) is 25.4 Å². The number of amides is 2. The number of aliphatic hydroxyl groups is 1. The highest BCUT2D eigenvalue weighted by Gasteiger charge is 2.27. The van der Waals surface area contributed by atoms with Crippen LogP contribution >= 0.6 is 0 Å². The summed E-state index contributed by atoms with van der Waals surface area (Å²) < 4.78 is 5.64. The summed E-state index contributed by atoms with van der Waals surface area (Å²) in [6.07, 6.45) is 3.43. The largest absolute Gasteiger partial charge is 0.439 e. The molecule has 116 valence electrons. The first-order valence-electron chi connectivity index (χ1n) is 7.43. The molecule has 0 bridgehead atoms. The average molecular weight is 301 g/mol. The lowest BCUT2D eigenvalue weighted by Gasteiger charge is -2.22. The number of aliphatic hydroxyl groups excluding tert-OH is 1. The SMILES string of the molecule is O=C(NCc1ncc(-c2ccccc2)o1)N1CCCC1CO. The molecular formula is C16H19N3O3. The van der Waals surface area contributed by atoms with Gasteiger partial charge in [-0.1, -0.05) is 30.3 Å². The number of urea groups is 1. The number of carbonyl (C=O) groups excluding carboxylic acids is 1. The second kappa shape index (κ2) is 6.62. The van der Waals surface area contributed by atoms with Crippen LogP contribution in [0.5, 0.6) is 0 Å². The maximum absolute atomic E-state index is 12.1. The van der Waals surface area contributed by atoms with E-state index in [-0.39, 0.29) is 25.2 Å². The Morgan fingerprint density at radius 2 is 2.23 bits per heavy atom. The standard InChI is InChI=1S/C16H19N3O3/c20-11-13-7-4-8-19(13)16(21)18-10-15-17-9-14(22-15)12-5-2-1-3-6-12/h1-3,5-6,9,13,20H,4,7-8,10-11H2,(H,18,21). The van der Waals surface area contributed by atoms with Crippen LogP contribution in [0.3, 0.4) is 0 Å². The van der Waals surface area contributed by atoms with Crippen molar-refractivity contribution in [2.75, 3.05) is 13.2 Å². The van der Waals surface area contributed by atoms with Crippen LogP contribution in [0.2, 0.25) is 0 Å². The Labute approximate surface area is 128 Å². The number of nitrogens with zero attached hydrogens (tertiary/aromatic N) is 2. The van der Waals surface area contributed by atoms with Crippen LogP contribution in [-0.4, -0.2) is 40.2 Å². The van der Waals surface area contributed by atoms with Gasteiger partial charge in [-0.2, -0.15) is 0 Å². The van der Waals surface area contributed by atoms with Gasteiger partial charge in [0.2, 0.25) is 5.89 Å². The molecule has 22 heavy (non-hydrogen) atoms. The predicted molar refractivity (Wildman–Crippen MR) is 81.0 cm³/mol. The van der Waals surface area contributed by atoms with E-state index in [1.54, 1.807) is 11.1 Å². The number of rotatable bonds is 4. The maximum atomic E-state index is 12.1. The van der Waals surface area contributed by atoms with Crippen molar-refractivity contribution in [2.24, 2.45) is 0 Å². The zero-order valence-electron chi connectivity index (χ0n) is 12.2. The predicted octanol–water partition coefficient (Wildman–Crippen LogP) is 2.01. The monoisotopic (exact) mass is 301 g/mol. The molecule has 1 saturated heterocycles. The molecule has 2 amide bonds. The van der Waals surface area contributed by atoms with Gasteiger partial charge in [-0.25, -0.2) is 9.78 Å². The molecule has 2 aromatic rings. The second-order valence-corrected chi connectivity index (χ2v) is 5.32. The molecule has 2 N–H and O–H groups in total. The summed E-state index contributed by atoms with van der Waals surface area (Å²) in [4.78, 5) is 17.9. The van der Waals surface area contributed by atoms with Crippen molar-refractivity contribution in [1.29, 1.82) is 0 Å². The molecule has 6 nitrogen and oxygen atoms in total. The zero-order chi connectivity index (χ0) is 15.4. The minimum Gasteiger partial charge on any atom is -0.439 e. The van der Waals surface area contributed by atoms with E-state index in [2.05, 4.69) is 10.3 Å². The van der Waals surface area contributed by atoms with Crippen molar-refractivity contribution in [3.63, 3.8) is 0 Å². The molecule has 1 aliphatic heterocycles. The summed E-state index contributed by atoms with van der Waals surface area (Å²) in [6.45, 7) is 0.919. The topological polar surface area (TPSA) is 78.6 Å². The molecule has 1 aromatic carbocycles. The lowest BCUT2D eigenvalue weighted by Crippen LogP contribution is -2.43. The van der Waals surface area contributed by atoms with Gasteiger partial charge in [0.15, 0.2) is 5.76 Å². The number of benzene rings is 1. The highest BCUT2D eigenvalue weighted by molar-refractivity contribution is 5.74. The number of nitrogens with one attached hydrogen (secondary N) is 1. The van der Waals surface area contributed by atoms with E-state index in [0.717, 1.165) is 18.4 Å². The third kappa shape index (κ3) is 3.12. The molecule has 0 spiro atoms. The molecule has 0 radical (unpaired) electrons. The lowest BCUT2D eigenvalue weighted by atomic mass is 10.2. The number of aromatic nitrogens is 1. The number of hydrogen-bond acceptors (Lipinski definition) is 4. The Kier molecular flexibility index (Phi) is 4.39. The average Bonchev–Trinajstić information content (AvgIpc) is 3.22. The van der Waals surface area contributed by atoms with Crippen LogP contribution in [0.25, 0.3) is 11.3 Å². The fourth-order valence-corrected chi connectivity index (χ4v) is 2.67. The number of carbonyl (C=O) groups is 1. The minimum atomic E-state index is -0.184. The summed E-state index contributed by atoms with van der Waals surface area (Å²) >= 11 is 0. The molecule has 1 aliphatic rings. The van der Waals surface area contributed by atoms with Crippen molar-refractivity contribution < 1.29 is 14.3 Å². The summed E-state index contributed by atoms with van der Waals surface area (Å²) in [7, 11) is 0. The van der Waals surface area contributed by atoms with Gasteiger partial charge in [-0.3, -0.25) is 0 Å². The van der Waals surface area contributed by atoms with Gasteiger partial charge in [0, 0.05) is 12.1 Å². The Balaban J connectivity index is 1.58. The molecule has 3 rings (SSSR count). The second-order valence-electron chi connectivity index (χ2n) is 5.32.